The molecule has 0 atom stereocenters. The van der Waals surface area contributed by atoms with Crippen molar-refractivity contribution in [1.29, 1.82) is 5.26 Å². The van der Waals surface area contributed by atoms with Gasteiger partial charge >= 0.3 is 0 Å². The minimum absolute atomic E-state index is 0. The minimum Gasteiger partial charge on any atom is -0.381 e. The van der Waals surface area contributed by atoms with Crippen LogP contribution in [-0.2, 0) is 16.0 Å². The number of nitriles is 1. The molecule has 6 nitrogen and oxygen atoms in total. The molecule has 1 fully saturated rings. The second-order valence-corrected chi connectivity index (χ2v) is 6.41. The molecule has 0 bridgehead atoms. The van der Waals surface area contributed by atoms with Gasteiger partial charge in [-0.3, -0.25) is 0 Å². The van der Waals surface area contributed by atoms with Crippen molar-refractivity contribution in [3.05, 3.63) is 35.4 Å². The molecule has 0 saturated carbocycles. The smallest absolute Gasteiger partial charge is 0.191 e. The molecule has 0 spiro atoms. The summed E-state index contributed by atoms with van der Waals surface area (Å²) in [4.78, 5) is 4.59. The van der Waals surface area contributed by atoms with Gasteiger partial charge in [0.1, 0.15) is 0 Å². The summed E-state index contributed by atoms with van der Waals surface area (Å²) in [7, 11) is 0. The molecule has 1 aliphatic heterocycles. The number of ether oxygens (including phenoxy) is 2. The zero-order valence-corrected chi connectivity index (χ0v) is 18.4. The molecule has 1 saturated heterocycles. The second kappa shape index (κ2) is 14.7. The topological polar surface area (TPSA) is 78.7 Å². The zero-order valence-electron chi connectivity index (χ0n) is 16.1. The normalized spacial score (nSPS) is 14.9. The summed E-state index contributed by atoms with van der Waals surface area (Å²) < 4.78 is 11.1. The third-order valence-corrected chi connectivity index (χ3v) is 4.30. The van der Waals surface area contributed by atoms with Crippen LogP contribution in [0.5, 0.6) is 0 Å². The monoisotopic (exact) mass is 486 g/mol. The summed E-state index contributed by atoms with van der Waals surface area (Å²) in [6.45, 7) is 7.63. The Kier molecular flexibility index (Phi) is 12.9. The third kappa shape index (κ3) is 9.94. The summed E-state index contributed by atoms with van der Waals surface area (Å²) in [5.41, 5.74) is 1.75. The first kappa shape index (κ1) is 23.7. The molecule has 2 rings (SSSR count). The molecule has 0 aromatic heterocycles. The van der Waals surface area contributed by atoms with Gasteiger partial charge < -0.3 is 20.1 Å². The summed E-state index contributed by atoms with van der Waals surface area (Å²) in [6, 6.07) is 9.65. The van der Waals surface area contributed by atoms with Crippen molar-refractivity contribution in [2.24, 2.45) is 10.9 Å². The highest BCUT2D eigenvalue weighted by Crippen LogP contribution is 2.14. The molecule has 2 N–H and O–H groups in total. The van der Waals surface area contributed by atoms with Gasteiger partial charge in [-0.15, -0.1) is 24.0 Å². The van der Waals surface area contributed by atoms with E-state index < -0.39 is 0 Å². The fourth-order valence-electron chi connectivity index (χ4n) is 2.74. The molecule has 0 amide bonds. The van der Waals surface area contributed by atoms with Gasteiger partial charge in [0.25, 0.3) is 0 Å². The summed E-state index contributed by atoms with van der Waals surface area (Å²) in [5.74, 6) is 1.46. The van der Waals surface area contributed by atoms with Crippen LogP contribution < -0.4 is 10.6 Å². The van der Waals surface area contributed by atoms with Gasteiger partial charge in [-0.25, -0.2) is 4.99 Å². The Labute approximate surface area is 179 Å². The third-order valence-electron chi connectivity index (χ3n) is 4.30. The van der Waals surface area contributed by atoms with Crippen LogP contribution in [-0.4, -0.2) is 45.5 Å². The Bertz CT molecular complexity index is 581. The van der Waals surface area contributed by atoms with E-state index in [1.165, 1.54) is 0 Å². The average molecular weight is 486 g/mol. The van der Waals surface area contributed by atoms with Crippen molar-refractivity contribution in [2.75, 3.05) is 39.5 Å². The first-order chi connectivity index (χ1) is 12.8. The van der Waals surface area contributed by atoms with Gasteiger partial charge in [-0.1, -0.05) is 12.1 Å². The zero-order chi connectivity index (χ0) is 18.5. The maximum atomic E-state index is 8.84. The van der Waals surface area contributed by atoms with E-state index in [4.69, 9.17) is 14.7 Å². The standard InChI is InChI=1S/C20H30N4O2.HI/c1-2-22-20(24-15-18-6-4-17(14-21)5-7-18)23-10-3-11-26-16-19-8-12-25-13-9-19;/h4-7,19H,2-3,8-13,15-16H2,1H3,(H2,22,23,24);1H. The Hall–Kier alpha value is -1.37. The van der Waals surface area contributed by atoms with Crippen LogP contribution in [0.15, 0.2) is 29.3 Å². The van der Waals surface area contributed by atoms with Crippen LogP contribution in [0.3, 0.4) is 0 Å². The molecule has 27 heavy (non-hydrogen) atoms. The SMILES string of the molecule is CCNC(=NCc1ccc(C#N)cc1)NCCCOCC1CCOCC1.I. The lowest BCUT2D eigenvalue weighted by Gasteiger charge is -2.21. The number of aliphatic imine (C=N–C) groups is 1. The molecule has 1 aromatic rings. The number of rotatable bonds is 9. The Balaban J connectivity index is 0.00000364. The van der Waals surface area contributed by atoms with Gasteiger partial charge in [0, 0.05) is 39.5 Å². The van der Waals surface area contributed by atoms with E-state index in [9.17, 15) is 0 Å². The van der Waals surface area contributed by atoms with Gasteiger partial charge in [0.05, 0.1) is 18.2 Å². The molecule has 0 radical (unpaired) electrons. The van der Waals surface area contributed by atoms with Crippen LogP contribution in [0, 0.1) is 17.2 Å². The van der Waals surface area contributed by atoms with Crippen molar-refractivity contribution in [2.45, 2.75) is 32.7 Å². The van der Waals surface area contributed by atoms with E-state index in [2.05, 4.69) is 28.6 Å². The number of nitrogens with one attached hydrogen (secondary N) is 2. The van der Waals surface area contributed by atoms with E-state index in [1.807, 2.05) is 24.3 Å². The lowest BCUT2D eigenvalue weighted by molar-refractivity contribution is 0.0203. The van der Waals surface area contributed by atoms with Gasteiger partial charge in [-0.05, 0) is 49.8 Å². The largest absolute Gasteiger partial charge is 0.381 e. The lowest BCUT2D eigenvalue weighted by atomic mass is 10.0. The minimum atomic E-state index is 0. The first-order valence-electron chi connectivity index (χ1n) is 9.48. The molecule has 0 aliphatic carbocycles. The maximum Gasteiger partial charge on any atom is 0.191 e. The molecule has 0 unspecified atom stereocenters. The number of hydrogen-bond acceptors (Lipinski definition) is 4. The van der Waals surface area contributed by atoms with Crippen molar-refractivity contribution in [3.63, 3.8) is 0 Å². The van der Waals surface area contributed by atoms with E-state index >= 15 is 0 Å². The number of benzene rings is 1. The first-order valence-corrected chi connectivity index (χ1v) is 9.48. The Morgan fingerprint density at radius 2 is 2.00 bits per heavy atom. The van der Waals surface area contributed by atoms with Crippen molar-refractivity contribution < 1.29 is 9.47 Å². The fraction of sp³-hybridized carbons (Fsp3) is 0.600. The Morgan fingerprint density at radius 3 is 2.67 bits per heavy atom. The average Bonchev–Trinajstić information content (AvgIpc) is 2.69. The second-order valence-electron chi connectivity index (χ2n) is 6.41. The highest BCUT2D eigenvalue weighted by molar-refractivity contribution is 14.0. The summed E-state index contributed by atoms with van der Waals surface area (Å²) >= 11 is 0. The van der Waals surface area contributed by atoms with E-state index in [0.29, 0.717) is 18.0 Å². The van der Waals surface area contributed by atoms with Crippen molar-refractivity contribution in [1.82, 2.24) is 10.6 Å². The van der Waals surface area contributed by atoms with Crippen LogP contribution in [0.2, 0.25) is 0 Å². The van der Waals surface area contributed by atoms with Crippen molar-refractivity contribution >= 4 is 29.9 Å². The van der Waals surface area contributed by atoms with Gasteiger partial charge in [0.15, 0.2) is 5.96 Å². The van der Waals surface area contributed by atoms with Crippen molar-refractivity contribution in [3.8, 4) is 6.07 Å². The highest BCUT2D eigenvalue weighted by Gasteiger charge is 2.13. The fourth-order valence-corrected chi connectivity index (χ4v) is 2.74. The molecule has 1 aliphatic rings. The number of halogens is 1. The molecular weight excluding hydrogens is 455 g/mol. The van der Waals surface area contributed by atoms with Crippen LogP contribution in [0.1, 0.15) is 37.3 Å². The predicted octanol–water partition coefficient (Wildman–Crippen LogP) is 3.06. The summed E-state index contributed by atoms with van der Waals surface area (Å²) in [6.07, 6.45) is 3.18. The number of guanidine groups is 1. The highest BCUT2D eigenvalue weighted by atomic mass is 127. The number of nitrogens with zero attached hydrogens (tertiary/aromatic N) is 2. The maximum absolute atomic E-state index is 8.84. The quantitative estimate of drug-likeness (QED) is 0.243. The molecule has 7 heteroatoms. The predicted molar refractivity (Wildman–Crippen MR) is 118 cm³/mol. The number of hydrogen-bond donors (Lipinski definition) is 2. The Morgan fingerprint density at radius 1 is 1.26 bits per heavy atom. The molecular formula is C20H31IN4O2. The van der Waals surface area contributed by atoms with Gasteiger partial charge in [0.2, 0.25) is 0 Å². The molecule has 1 aromatic carbocycles. The lowest BCUT2D eigenvalue weighted by Crippen LogP contribution is -2.38. The molecule has 150 valence electrons. The van der Waals surface area contributed by atoms with Crippen LogP contribution in [0.4, 0.5) is 0 Å². The molecule has 1 heterocycles. The van der Waals surface area contributed by atoms with Gasteiger partial charge in [-0.2, -0.15) is 5.26 Å². The van der Waals surface area contributed by atoms with E-state index in [1.54, 1.807) is 0 Å². The van der Waals surface area contributed by atoms with E-state index in [0.717, 1.165) is 70.3 Å². The van der Waals surface area contributed by atoms with Crippen LogP contribution in [0.25, 0.3) is 0 Å². The summed E-state index contributed by atoms with van der Waals surface area (Å²) in [5, 5.41) is 15.4. The van der Waals surface area contributed by atoms with Crippen LogP contribution >= 0.6 is 24.0 Å². The van der Waals surface area contributed by atoms with E-state index in [-0.39, 0.29) is 24.0 Å².